The average Bonchev–Trinajstić information content (AvgIpc) is 2.13. The highest BCUT2D eigenvalue weighted by Gasteiger charge is 2.28. The lowest BCUT2D eigenvalue weighted by Gasteiger charge is -2.32. The van der Waals surface area contributed by atoms with Crippen molar-refractivity contribution in [1.29, 1.82) is 0 Å². The van der Waals surface area contributed by atoms with Crippen LogP contribution < -0.4 is 5.32 Å². The van der Waals surface area contributed by atoms with E-state index in [1.54, 1.807) is 0 Å². The highest BCUT2D eigenvalue weighted by Crippen LogP contribution is 2.22. The van der Waals surface area contributed by atoms with Gasteiger partial charge < -0.3 is 10.2 Å². The lowest BCUT2D eigenvalue weighted by molar-refractivity contribution is -0.129. The monoisotopic (exact) mass is 227 g/mol. The average molecular weight is 227 g/mol. The van der Waals surface area contributed by atoms with Crippen LogP contribution in [0.25, 0.3) is 0 Å². The number of nitrogens with one attached hydrogen (secondary N) is 1. The molecule has 0 aromatic heterocycles. The molecule has 92 valence electrons. The summed E-state index contributed by atoms with van der Waals surface area (Å²) in [4.78, 5) is 26.7. The van der Waals surface area contributed by atoms with Crippen molar-refractivity contribution in [1.82, 2.24) is 15.1 Å². The Hall–Kier alpha value is -1.10. The molecule has 16 heavy (non-hydrogen) atoms. The number of likely N-dealkylation sites (N-methyl/N-ethyl adjacent to an activating group) is 1. The third-order valence-electron chi connectivity index (χ3n) is 2.78. The fourth-order valence-electron chi connectivity index (χ4n) is 1.98. The van der Waals surface area contributed by atoms with E-state index >= 15 is 0 Å². The maximum Gasteiger partial charge on any atom is 0.323 e. The fourth-order valence-corrected chi connectivity index (χ4v) is 1.98. The van der Waals surface area contributed by atoms with Gasteiger partial charge in [-0.15, -0.1) is 0 Å². The van der Waals surface area contributed by atoms with E-state index in [9.17, 15) is 9.59 Å². The first-order chi connectivity index (χ1) is 7.32. The molecule has 0 radical (unpaired) electrons. The molecule has 0 unspecified atom stereocenters. The van der Waals surface area contributed by atoms with Crippen molar-refractivity contribution in [2.24, 2.45) is 5.41 Å². The summed E-state index contributed by atoms with van der Waals surface area (Å²) in [6.45, 7) is 6.33. The van der Waals surface area contributed by atoms with E-state index in [-0.39, 0.29) is 17.4 Å². The molecule has 3 amide bonds. The van der Waals surface area contributed by atoms with Crippen LogP contribution in [-0.2, 0) is 4.79 Å². The Morgan fingerprint density at radius 1 is 1.25 bits per heavy atom. The van der Waals surface area contributed by atoms with Gasteiger partial charge in [-0.2, -0.15) is 0 Å². The van der Waals surface area contributed by atoms with E-state index in [2.05, 4.69) is 24.1 Å². The molecule has 1 fully saturated rings. The Morgan fingerprint density at radius 2 is 1.88 bits per heavy atom. The number of carbonyl (C=O) groups is 2. The Labute approximate surface area is 96.8 Å². The first kappa shape index (κ1) is 13.0. The molecule has 0 aromatic rings. The zero-order valence-electron chi connectivity index (χ0n) is 10.5. The molecule has 1 rings (SSSR count). The van der Waals surface area contributed by atoms with Gasteiger partial charge in [0.05, 0.1) is 0 Å². The number of hydrogen-bond acceptors (Lipinski definition) is 3. The summed E-state index contributed by atoms with van der Waals surface area (Å²) < 4.78 is 0. The van der Waals surface area contributed by atoms with Crippen LogP contribution in [0, 0.1) is 5.41 Å². The summed E-state index contributed by atoms with van der Waals surface area (Å²) in [5.41, 5.74) is -0.0995. The zero-order chi connectivity index (χ0) is 12.3. The first-order valence-corrected chi connectivity index (χ1v) is 5.55. The number of imide groups is 1. The molecule has 1 aliphatic rings. The van der Waals surface area contributed by atoms with Gasteiger partial charge in [0, 0.05) is 33.1 Å². The Kier molecular flexibility index (Phi) is 3.91. The standard InChI is InChI=1S/C11H21N3O2/c1-11(2)7-9(15)14(4)10(16)12-5-6-13(3)8-11/h5-8H2,1-4H3,(H,12,16). The minimum atomic E-state index is -0.309. The molecule has 1 aliphatic heterocycles. The second-order valence-electron chi connectivity index (χ2n) is 5.26. The Bertz CT molecular complexity index is 289. The van der Waals surface area contributed by atoms with Crippen molar-refractivity contribution in [3.63, 3.8) is 0 Å². The van der Waals surface area contributed by atoms with E-state index in [4.69, 9.17) is 0 Å². The molecule has 1 heterocycles. The molecule has 5 nitrogen and oxygen atoms in total. The van der Waals surface area contributed by atoms with Gasteiger partial charge in [0.1, 0.15) is 0 Å². The largest absolute Gasteiger partial charge is 0.336 e. The second-order valence-corrected chi connectivity index (χ2v) is 5.26. The number of amides is 3. The predicted molar refractivity (Wildman–Crippen MR) is 62.1 cm³/mol. The minimum absolute atomic E-state index is 0.0995. The number of carbonyl (C=O) groups excluding carboxylic acids is 2. The molecule has 0 bridgehead atoms. The van der Waals surface area contributed by atoms with Crippen molar-refractivity contribution >= 4 is 11.9 Å². The van der Waals surface area contributed by atoms with E-state index in [0.717, 1.165) is 13.1 Å². The van der Waals surface area contributed by atoms with Gasteiger partial charge in [0.15, 0.2) is 0 Å². The summed E-state index contributed by atoms with van der Waals surface area (Å²) in [7, 11) is 3.53. The molecule has 0 aromatic carbocycles. The van der Waals surface area contributed by atoms with E-state index < -0.39 is 0 Å². The summed E-state index contributed by atoms with van der Waals surface area (Å²) in [6.07, 6.45) is 0.390. The summed E-state index contributed by atoms with van der Waals surface area (Å²) in [6, 6.07) is -0.309. The van der Waals surface area contributed by atoms with Gasteiger partial charge in [-0.3, -0.25) is 9.69 Å². The van der Waals surface area contributed by atoms with Crippen molar-refractivity contribution in [3.05, 3.63) is 0 Å². The van der Waals surface area contributed by atoms with Gasteiger partial charge >= 0.3 is 6.03 Å². The quantitative estimate of drug-likeness (QED) is 0.656. The molecule has 0 atom stereocenters. The minimum Gasteiger partial charge on any atom is -0.336 e. The molecule has 1 N–H and O–H groups in total. The number of urea groups is 1. The van der Waals surface area contributed by atoms with Crippen LogP contribution in [0.15, 0.2) is 0 Å². The SMILES string of the molecule is CN1CCNC(=O)N(C)C(=O)CC(C)(C)C1. The number of nitrogens with zero attached hydrogens (tertiary/aromatic N) is 2. The summed E-state index contributed by atoms with van der Waals surface area (Å²) >= 11 is 0. The van der Waals surface area contributed by atoms with Crippen LogP contribution in [0.1, 0.15) is 20.3 Å². The zero-order valence-corrected chi connectivity index (χ0v) is 10.5. The third kappa shape index (κ3) is 3.48. The normalized spacial score (nSPS) is 24.1. The maximum absolute atomic E-state index is 11.8. The van der Waals surface area contributed by atoms with Gasteiger partial charge in [-0.25, -0.2) is 4.79 Å². The van der Waals surface area contributed by atoms with E-state index in [1.165, 1.54) is 11.9 Å². The third-order valence-corrected chi connectivity index (χ3v) is 2.78. The van der Waals surface area contributed by atoms with E-state index in [0.29, 0.717) is 13.0 Å². The van der Waals surface area contributed by atoms with Crippen LogP contribution in [0.5, 0.6) is 0 Å². The molecule has 5 heteroatoms. The van der Waals surface area contributed by atoms with Gasteiger partial charge in [-0.05, 0) is 12.5 Å². The lowest BCUT2D eigenvalue weighted by Crippen LogP contribution is -2.48. The first-order valence-electron chi connectivity index (χ1n) is 5.55. The highest BCUT2D eigenvalue weighted by atomic mass is 16.2. The van der Waals surface area contributed by atoms with Crippen molar-refractivity contribution in [3.8, 4) is 0 Å². The number of rotatable bonds is 0. The molecular formula is C11H21N3O2. The number of hydrogen-bond donors (Lipinski definition) is 1. The van der Waals surface area contributed by atoms with Crippen LogP contribution in [0.2, 0.25) is 0 Å². The highest BCUT2D eigenvalue weighted by molar-refractivity contribution is 5.94. The summed E-state index contributed by atoms with van der Waals surface area (Å²) in [5.74, 6) is -0.127. The van der Waals surface area contributed by atoms with Crippen molar-refractivity contribution < 1.29 is 9.59 Å². The smallest absolute Gasteiger partial charge is 0.323 e. The summed E-state index contributed by atoms with van der Waals surface area (Å²) in [5, 5.41) is 2.71. The topological polar surface area (TPSA) is 52.7 Å². The molecule has 1 saturated heterocycles. The molecular weight excluding hydrogens is 206 g/mol. The van der Waals surface area contributed by atoms with Crippen LogP contribution in [0.4, 0.5) is 4.79 Å². The van der Waals surface area contributed by atoms with Crippen LogP contribution >= 0.6 is 0 Å². The van der Waals surface area contributed by atoms with Gasteiger partial charge in [0.25, 0.3) is 0 Å². The molecule has 0 aliphatic carbocycles. The van der Waals surface area contributed by atoms with Crippen molar-refractivity contribution in [2.75, 3.05) is 33.7 Å². The molecule has 0 spiro atoms. The van der Waals surface area contributed by atoms with Crippen molar-refractivity contribution in [2.45, 2.75) is 20.3 Å². The van der Waals surface area contributed by atoms with E-state index in [1.807, 2.05) is 7.05 Å². The van der Waals surface area contributed by atoms with Crippen LogP contribution in [-0.4, -0.2) is 55.5 Å². The molecule has 0 saturated carbocycles. The Balaban J connectivity index is 2.78. The van der Waals surface area contributed by atoms with Crippen LogP contribution in [0.3, 0.4) is 0 Å². The van der Waals surface area contributed by atoms with Gasteiger partial charge in [-0.1, -0.05) is 13.8 Å². The Morgan fingerprint density at radius 3 is 2.50 bits per heavy atom. The lowest BCUT2D eigenvalue weighted by atomic mass is 9.88. The predicted octanol–water partition coefficient (Wildman–Crippen LogP) is 0.516. The van der Waals surface area contributed by atoms with Gasteiger partial charge in [0.2, 0.25) is 5.91 Å². The second kappa shape index (κ2) is 4.82. The maximum atomic E-state index is 11.8. The fraction of sp³-hybridized carbons (Fsp3) is 0.818.